The molecule has 2 rings (SSSR count). The van der Waals surface area contributed by atoms with Crippen LogP contribution in [0.5, 0.6) is 5.75 Å². The van der Waals surface area contributed by atoms with E-state index in [1.165, 1.54) is 0 Å². The molecule has 94 valence electrons. The van der Waals surface area contributed by atoms with Crippen LogP contribution in [-0.4, -0.2) is 22.1 Å². The zero-order valence-electron chi connectivity index (χ0n) is 10.7. The predicted octanol–water partition coefficient (Wildman–Crippen LogP) is 2.25. The van der Waals surface area contributed by atoms with Crippen LogP contribution in [0.15, 0.2) is 24.5 Å². The van der Waals surface area contributed by atoms with E-state index in [1.807, 2.05) is 19.9 Å². The smallest absolute Gasteiger partial charge is 0.137 e. The van der Waals surface area contributed by atoms with Crippen molar-refractivity contribution in [3.8, 4) is 17.0 Å². The lowest BCUT2D eigenvalue weighted by atomic mass is 10.1. The topological polar surface area (TPSA) is 73.9 Å². The second kappa shape index (κ2) is 5.00. The van der Waals surface area contributed by atoms with Gasteiger partial charge in [-0.3, -0.25) is 4.98 Å². The summed E-state index contributed by atoms with van der Waals surface area (Å²) in [6.45, 7) is 4.06. The summed E-state index contributed by atoms with van der Waals surface area (Å²) < 4.78 is 5.15. The summed E-state index contributed by atoms with van der Waals surface area (Å²) in [6.07, 6.45) is 3.38. The maximum absolute atomic E-state index is 5.80. The van der Waals surface area contributed by atoms with E-state index in [-0.39, 0.29) is 5.92 Å². The van der Waals surface area contributed by atoms with Gasteiger partial charge in [-0.05, 0) is 6.07 Å². The van der Waals surface area contributed by atoms with Crippen LogP contribution in [0.25, 0.3) is 11.3 Å². The van der Waals surface area contributed by atoms with E-state index in [9.17, 15) is 0 Å². The highest BCUT2D eigenvalue weighted by atomic mass is 16.5. The monoisotopic (exact) mass is 244 g/mol. The number of methoxy groups -OCH3 is 1. The number of aromatic nitrogens is 3. The van der Waals surface area contributed by atoms with Crippen molar-refractivity contribution >= 4 is 5.82 Å². The Kier molecular flexibility index (Phi) is 3.41. The molecule has 2 N–H and O–H groups in total. The number of nitrogen functional groups attached to an aromatic ring is 1. The van der Waals surface area contributed by atoms with Gasteiger partial charge in [-0.15, -0.1) is 0 Å². The van der Waals surface area contributed by atoms with Crippen LogP contribution < -0.4 is 10.5 Å². The van der Waals surface area contributed by atoms with Gasteiger partial charge in [0.1, 0.15) is 17.4 Å². The lowest BCUT2D eigenvalue weighted by molar-refractivity contribution is 0.413. The molecule has 0 saturated carbocycles. The Bertz CT molecular complexity index is 554. The van der Waals surface area contributed by atoms with Gasteiger partial charge in [0.2, 0.25) is 0 Å². The molecule has 0 saturated heterocycles. The van der Waals surface area contributed by atoms with Gasteiger partial charge in [0.25, 0.3) is 0 Å². The molecule has 0 unspecified atom stereocenters. The van der Waals surface area contributed by atoms with E-state index in [2.05, 4.69) is 15.0 Å². The van der Waals surface area contributed by atoms with Crippen LogP contribution in [0.2, 0.25) is 0 Å². The highest BCUT2D eigenvalue weighted by Crippen LogP contribution is 2.23. The highest BCUT2D eigenvalue weighted by molar-refractivity contribution is 5.62. The fraction of sp³-hybridized carbons (Fsp3) is 0.308. The van der Waals surface area contributed by atoms with Gasteiger partial charge in [0, 0.05) is 23.7 Å². The van der Waals surface area contributed by atoms with E-state index in [0.29, 0.717) is 11.6 Å². The summed E-state index contributed by atoms with van der Waals surface area (Å²) in [6, 6.07) is 3.61. The van der Waals surface area contributed by atoms with Crippen LogP contribution in [0.1, 0.15) is 25.6 Å². The van der Waals surface area contributed by atoms with Gasteiger partial charge in [-0.2, -0.15) is 0 Å². The van der Waals surface area contributed by atoms with Crippen molar-refractivity contribution in [1.29, 1.82) is 0 Å². The fourth-order valence-electron chi connectivity index (χ4n) is 1.56. The molecule has 0 fully saturated rings. The molecule has 0 amide bonds. The minimum Gasteiger partial charge on any atom is -0.495 e. The Morgan fingerprint density at radius 1 is 1.17 bits per heavy atom. The lowest BCUT2D eigenvalue weighted by Gasteiger charge is -2.08. The Labute approximate surface area is 106 Å². The third-order valence-electron chi connectivity index (χ3n) is 2.52. The maximum atomic E-state index is 5.80. The molecule has 0 bridgehead atoms. The third kappa shape index (κ3) is 2.56. The molecule has 0 aliphatic rings. The number of hydrogen-bond donors (Lipinski definition) is 1. The molecule has 0 aliphatic heterocycles. The molecule has 18 heavy (non-hydrogen) atoms. The molecule has 5 heteroatoms. The molecule has 2 aromatic rings. The van der Waals surface area contributed by atoms with Crippen molar-refractivity contribution in [2.24, 2.45) is 0 Å². The summed E-state index contributed by atoms with van der Waals surface area (Å²) >= 11 is 0. The van der Waals surface area contributed by atoms with Crippen molar-refractivity contribution < 1.29 is 4.74 Å². The van der Waals surface area contributed by atoms with Crippen molar-refractivity contribution in [3.05, 3.63) is 30.4 Å². The van der Waals surface area contributed by atoms with Crippen LogP contribution in [0.3, 0.4) is 0 Å². The van der Waals surface area contributed by atoms with Gasteiger partial charge in [0.05, 0.1) is 19.0 Å². The molecule has 0 atom stereocenters. The van der Waals surface area contributed by atoms with Gasteiger partial charge in [-0.25, -0.2) is 9.97 Å². The number of ether oxygens (including phenoxy) is 1. The van der Waals surface area contributed by atoms with Crippen molar-refractivity contribution in [2.75, 3.05) is 12.8 Å². The van der Waals surface area contributed by atoms with Gasteiger partial charge < -0.3 is 10.5 Å². The number of hydrogen-bond acceptors (Lipinski definition) is 5. The van der Waals surface area contributed by atoms with Crippen molar-refractivity contribution in [2.45, 2.75) is 19.8 Å². The summed E-state index contributed by atoms with van der Waals surface area (Å²) in [5, 5.41) is 0. The lowest BCUT2D eigenvalue weighted by Crippen LogP contribution is -2.03. The predicted molar refractivity (Wildman–Crippen MR) is 70.3 cm³/mol. The first kappa shape index (κ1) is 12.3. The molecule has 2 heterocycles. The Morgan fingerprint density at radius 2 is 1.94 bits per heavy atom. The summed E-state index contributed by atoms with van der Waals surface area (Å²) in [5.74, 6) is 2.11. The number of rotatable bonds is 3. The first-order valence-corrected chi connectivity index (χ1v) is 5.74. The number of nitrogens with two attached hydrogens (primary N) is 1. The van der Waals surface area contributed by atoms with Crippen molar-refractivity contribution in [3.63, 3.8) is 0 Å². The van der Waals surface area contributed by atoms with E-state index in [0.717, 1.165) is 17.1 Å². The van der Waals surface area contributed by atoms with Gasteiger partial charge in [-0.1, -0.05) is 13.8 Å². The average molecular weight is 244 g/mol. The normalized spacial score (nSPS) is 10.7. The first-order chi connectivity index (χ1) is 8.60. The molecule has 0 aliphatic carbocycles. The minimum absolute atomic E-state index is 0.228. The van der Waals surface area contributed by atoms with E-state index in [4.69, 9.17) is 10.5 Å². The zero-order chi connectivity index (χ0) is 13.1. The second-order valence-electron chi connectivity index (χ2n) is 4.30. The minimum atomic E-state index is 0.228. The quantitative estimate of drug-likeness (QED) is 0.896. The average Bonchev–Trinajstić information content (AvgIpc) is 2.38. The SMILES string of the molecule is COc1cncc(-c2cc(N)nc(C(C)C)n2)c1. The van der Waals surface area contributed by atoms with E-state index >= 15 is 0 Å². The third-order valence-corrected chi connectivity index (χ3v) is 2.52. The van der Waals surface area contributed by atoms with Crippen LogP contribution in [0, 0.1) is 0 Å². The molecule has 0 aromatic carbocycles. The van der Waals surface area contributed by atoms with Crippen LogP contribution >= 0.6 is 0 Å². The number of anilines is 1. The maximum Gasteiger partial charge on any atom is 0.137 e. The van der Waals surface area contributed by atoms with Gasteiger partial charge in [0.15, 0.2) is 0 Å². The largest absolute Gasteiger partial charge is 0.495 e. The van der Waals surface area contributed by atoms with E-state index in [1.54, 1.807) is 25.6 Å². The Balaban J connectivity index is 2.49. The zero-order valence-corrected chi connectivity index (χ0v) is 10.7. The second-order valence-corrected chi connectivity index (χ2v) is 4.30. The molecule has 0 spiro atoms. The molecular weight excluding hydrogens is 228 g/mol. The number of pyridine rings is 1. The summed E-state index contributed by atoms with van der Waals surface area (Å²) in [4.78, 5) is 12.8. The Hall–Kier alpha value is -2.17. The van der Waals surface area contributed by atoms with Crippen molar-refractivity contribution in [1.82, 2.24) is 15.0 Å². The standard InChI is InChI=1S/C13H16N4O/c1-8(2)13-16-11(5-12(14)17-13)9-4-10(18-3)7-15-6-9/h4-8H,1-3H3,(H2,14,16,17). The molecule has 5 nitrogen and oxygen atoms in total. The first-order valence-electron chi connectivity index (χ1n) is 5.74. The molecular formula is C13H16N4O. The fourth-order valence-corrected chi connectivity index (χ4v) is 1.56. The number of nitrogens with zero attached hydrogens (tertiary/aromatic N) is 3. The molecule has 0 radical (unpaired) electrons. The van der Waals surface area contributed by atoms with Crippen LogP contribution in [0.4, 0.5) is 5.82 Å². The summed E-state index contributed by atoms with van der Waals surface area (Å²) in [7, 11) is 1.61. The van der Waals surface area contributed by atoms with Crippen LogP contribution in [-0.2, 0) is 0 Å². The Morgan fingerprint density at radius 3 is 2.61 bits per heavy atom. The molecule has 2 aromatic heterocycles. The summed E-state index contributed by atoms with van der Waals surface area (Å²) in [5.41, 5.74) is 7.43. The van der Waals surface area contributed by atoms with Gasteiger partial charge >= 0.3 is 0 Å². The van der Waals surface area contributed by atoms with E-state index < -0.39 is 0 Å². The highest BCUT2D eigenvalue weighted by Gasteiger charge is 2.09.